The number of rotatable bonds is 5. The zero-order chi connectivity index (χ0) is 25.6. The van der Waals surface area contributed by atoms with Crippen molar-refractivity contribution < 1.29 is 27.1 Å². The highest BCUT2D eigenvalue weighted by atomic mass is 19.4. The third-order valence-corrected chi connectivity index (χ3v) is 5.92. The van der Waals surface area contributed by atoms with Crippen molar-refractivity contribution in [3.05, 3.63) is 66.9 Å². The van der Waals surface area contributed by atoms with Crippen molar-refractivity contribution in [3.63, 3.8) is 0 Å². The number of fused-ring (bicyclic) bond motifs is 1. The molecule has 0 bridgehead atoms. The zero-order valence-electron chi connectivity index (χ0n) is 18.8. The number of aromatic nitrogens is 5. The topological polar surface area (TPSA) is 86.0 Å². The molecule has 0 saturated carbocycles. The maximum absolute atomic E-state index is 13.3. The summed E-state index contributed by atoms with van der Waals surface area (Å²) in [4.78, 5) is 26.0. The molecular weight excluding hydrogens is 480 g/mol. The summed E-state index contributed by atoms with van der Waals surface area (Å²) in [7, 11) is 1.45. The predicted octanol–water partition coefficient (Wildman–Crippen LogP) is 4.45. The Morgan fingerprint density at radius 2 is 1.72 bits per heavy atom. The number of amides is 1. The largest absolute Gasteiger partial charge is 0.467 e. The standard InChI is InChI=1S/C24H18F4N6O2/c1-13(25)22(35)33-11-17(12-33)34-21-18(15-9-30-23(36-2)31-10-15)7-8-29-20(21)19(32-34)14-3-5-16(6-4-14)24(26,27)28/h3-10,17H,1,11-12H2,2H3. The van der Waals surface area contributed by atoms with E-state index in [2.05, 4.69) is 26.6 Å². The number of methoxy groups -OCH3 is 1. The Kier molecular flexibility index (Phi) is 5.65. The number of carbonyl (C=O) groups excluding carboxylic acids is 1. The lowest BCUT2D eigenvalue weighted by Crippen LogP contribution is -2.51. The third kappa shape index (κ3) is 4.04. The second kappa shape index (κ2) is 8.70. The van der Waals surface area contributed by atoms with Crippen LogP contribution in [0.4, 0.5) is 17.6 Å². The molecule has 8 nitrogen and oxygen atoms in total. The van der Waals surface area contributed by atoms with Gasteiger partial charge in [0.15, 0.2) is 5.83 Å². The van der Waals surface area contributed by atoms with Crippen LogP contribution in [0, 0.1) is 0 Å². The summed E-state index contributed by atoms with van der Waals surface area (Å²) in [6, 6.07) is 6.25. The Labute approximate surface area is 201 Å². The summed E-state index contributed by atoms with van der Waals surface area (Å²) >= 11 is 0. The minimum atomic E-state index is -4.47. The van der Waals surface area contributed by atoms with E-state index < -0.39 is 23.5 Å². The molecule has 0 spiro atoms. The Balaban J connectivity index is 1.63. The highest BCUT2D eigenvalue weighted by molar-refractivity contribution is 5.99. The number of carbonyl (C=O) groups is 1. The van der Waals surface area contributed by atoms with Crippen LogP contribution in [-0.2, 0) is 11.0 Å². The van der Waals surface area contributed by atoms with Crippen LogP contribution in [0.3, 0.4) is 0 Å². The number of nitrogens with zero attached hydrogens (tertiary/aromatic N) is 6. The van der Waals surface area contributed by atoms with Gasteiger partial charge in [0.05, 0.1) is 24.2 Å². The lowest BCUT2D eigenvalue weighted by molar-refractivity contribution is -0.137. The smallest absolute Gasteiger partial charge is 0.416 e. The number of pyridine rings is 1. The molecule has 3 aromatic heterocycles. The fraction of sp³-hybridized carbons (Fsp3) is 0.208. The molecule has 1 fully saturated rings. The molecule has 5 rings (SSSR count). The molecule has 0 N–H and O–H groups in total. The first kappa shape index (κ1) is 23.4. The van der Waals surface area contributed by atoms with Gasteiger partial charge in [0, 0.05) is 48.4 Å². The van der Waals surface area contributed by atoms with Gasteiger partial charge in [-0.2, -0.15) is 18.3 Å². The van der Waals surface area contributed by atoms with E-state index in [1.165, 1.54) is 24.1 Å². The molecule has 1 aliphatic rings. The lowest BCUT2D eigenvalue weighted by atomic mass is 10.0. The van der Waals surface area contributed by atoms with Crippen LogP contribution < -0.4 is 4.74 Å². The summed E-state index contributed by atoms with van der Waals surface area (Å²) in [6.07, 6.45) is 0.228. The number of halogens is 4. The van der Waals surface area contributed by atoms with Crippen molar-refractivity contribution in [2.45, 2.75) is 12.2 Å². The van der Waals surface area contributed by atoms with Crippen molar-refractivity contribution in [2.24, 2.45) is 0 Å². The second-order valence-electron chi connectivity index (χ2n) is 8.15. The molecule has 0 unspecified atom stereocenters. The maximum atomic E-state index is 13.3. The molecule has 1 aliphatic heterocycles. The number of hydrogen-bond donors (Lipinski definition) is 0. The van der Waals surface area contributed by atoms with Crippen LogP contribution in [0.1, 0.15) is 11.6 Å². The molecule has 1 aromatic carbocycles. The van der Waals surface area contributed by atoms with Crippen LogP contribution >= 0.6 is 0 Å². The van der Waals surface area contributed by atoms with Gasteiger partial charge in [-0.3, -0.25) is 14.5 Å². The second-order valence-corrected chi connectivity index (χ2v) is 8.15. The summed E-state index contributed by atoms with van der Waals surface area (Å²) < 4.78 is 59.2. The van der Waals surface area contributed by atoms with Crippen LogP contribution in [0.2, 0.25) is 0 Å². The van der Waals surface area contributed by atoms with E-state index in [4.69, 9.17) is 4.74 Å². The predicted molar refractivity (Wildman–Crippen MR) is 121 cm³/mol. The average molecular weight is 498 g/mol. The maximum Gasteiger partial charge on any atom is 0.416 e. The van der Waals surface area contributed by atoms with Gasteiger partial charge in [0.25, 0.3) is 5.91 Å². The van der Waals surface area contributed by atoms with Gasteiger partial charge < -0.3 is 9.64 Å². The molecule has 4 heterocycles. The normalized spacial score (nSPS) is 14.1. The summed E-state index contributed by atoms with van der Waals surface area (Å²) in [5.41, 5.74) is 2.36. The number of ether oxygens (including phenoxy) is 1. The van der Waals surface area contributed by atoms with E-state index in [0.29, 0.717) is 33.4 Å². The van der Waals surface area contributed by atoms with E-state index in [9.17, 15) is 22.4 Å². The van der Waals surface area contributed by atoms with E-state index in [1.54, 1.807) is 29.3 Å². The van der Waals surface area contributed by atoms with Crippen LogP contribution in [0.5, 0.6) is 6.01 Å². The molecule has 184 valence electrons. The Morgan fingerprint density at radius 3 is 2.31 bits per heavy atom. The summed E-state index contributed by atoms with van der Waals surface area (Å²) in [5, 5.41) is 4.69. The van der Waals surface area contributed by atoms with E-state index in [-0.39, 0.29) is 25.1 Å². The monoisotopic (exact) mass is 498 g/mol. The molecular formula is C24H18F4N6O2. The van der Waals surface area contributed by atoms with Crippen LogP contribution in [0.25, 0.3) is 33.4 Å². The minimum Gasteiger partial charge on any atom is -0.467 e. The van der Waals surface area contributed by atoms with Crippen LogP contribution in [0.15, 0.2) is 61.3 Å². The molecule has 36 heavy (non-hydrogen) atoms. The van der Waals surface area contributed by atoms with Crippen molar-refractivity contribution in [1.82, 2.24) is 29.6 Å². The van der Waals surface area contributed by atoms with E-state index in [1.807, 2.05) is 0 Å². The van der Waals surface area contributed by atoms with Crippen molar-refractivity contribution in [3.8, 4) is 28.4 Å². The molecule has 12 heteroatoms. The number of likely N-dealkylation sites (tertiary alicyclic amines) is 1. The van der Waals surface area contributed by atoms with Gasteiger partial charge in [-0.15, -0.1) is 0 Å². The van der Waals surface area contributed by atoms with Gasteiger partial charge in [-0.1, -0.05) is 18.7 Å². The summed E-state index contributed by atoms with van der Waals surface area (Å²) in [5.74, 6) is -1.85. The number of hydrogen-bond acceptors (Lipinski definition) is 6. The quantitative estimate of drug-likeness (QED) is 0.299. The van der Waals surface area contributed by atoms with Crippen molar-refractivity contribution >= 4 is 16.9 Å². The molecule has 1 saturated heterocycles. The lowest BCUT2D eigenvalue weighted by Gasteiger charge is -2.39. The molecule has 4 aromatic rings. The Hall–Kier alpha value is -4.35. The SMILES string of the molecule is C=C(F)C(=O)N1CC(n2nc(-c3ccc(C(F)(F)F)cc3)c3nccc(-c4cnc(OC)nc4)c32)C1. The third-order valence-electron chi connectivity index (χ3n) is 5.92. The molecule has 0 radical (unpaired) electrons. The van der Waals surface area contributed by atoms with E-state index >= 15 is 0 Å². The first-order chi connectivity index (χ1) is 17.2. The van der Waals surface area contributed by atoms with Gasteiger partial charge in [-0.05, 0) is 18.2 Å². The number of alkyl halides is 3. The molecule has 0 aliphatic carbocycles. The van der Waals surface area contributed by atoms with E-state index in [0.717, 1.165) is 12.1 Å². The fourth-order valence-electron chi connectivity index (χ4n) is 4.08. The van der Waals surface area contributed by atoms with Gasteiger partial charge in [-0.25, -0.2) is 14.4 Å². The number of benzene rings is 1. The highest BCUT2D eigenvalue weighted by Gasteiger charge is 2.36. The van der Waals surface area contributed by atoms with Gasteiger partial charge in [0.2, 0.25) is 0 Å². The van der Waals surface area contributed by atoms with Crippen molar-refractivity contribution in [2.75, 3.05) is 20.2 Å². The molecule has 0 atom stereocenters. The van der Waals surface area contributed by atoms with Crippen molar-refractivity contribution in [1.29, 1.82) is 0 Å². The Bertz CT molecular complexity index is 1460. The average Bonchev–Trinajstić information content (AvgIpc) is 3.22. The summed E-state index contributed by atoms with van der Waals surface area (Å²) in [6.45, 7) is 3.41. The Morgan fingerprint density at radius 1 is 1.06 bits per heavy atom. The fourth-order valence-corrected chi connectivity index (χ4v) is 4.08. The minimum absolute atomic E-state index is 0.179. The van der Waals surface area contributed by atoms with Crippen LogP contribution in [-0.4, -0.2) is 55.7 Å². The van der Waals surface area contributed by atoms with Gasteiger partial charge >= 0.3 is 12.2 Å². The molecule has 1 amide bonds. The van der Waals surface area contributed by atoms with Gasteiger partial charge in [0.1, 0.15) is 11.2 Å². The first-order valence-electron chi connectivity index (χ1n) is 10.7. The zero-order valence-corrected chi connectivity index (χ0v) is 18.8. The first-order valence-corrected chi connectivity index (χ1v) is 10.7. The highest BCUT2D eigenvalue weighted by Crippen LogP contribution is 2.38.